The van der Waals surface area contributed by atoms with E-state index in [-0.39, 0.29) is 5.56 Å². The van der Waals surface area contributed by atoms with Crippen molar-refractivity contribution in [1.82, 2.24) is 4.31 Å². The van der Waals surface area contributed by atoms with E-state index in [1.807, 2.05) is 0 Å². The fourth-order valence-electron chi connectivity index (χ4n) is 2.67. The first-order valence-corrected chi connectivity index (χ1v) is 9.57. The molecule has 1 N–H and O–H groups in total. The van der Waals surface area contributed by atoms with Crippen molar-refractivity contribution in [2.75, 3.05) is 18.4 Å². The summed E-state index contributed by atoms with van der Waals surface area (Å²) in [7, 11) is -3.95. The fourth-order valence-corrected chi connectivity index (χ4v) is 4.46. The van der Waals surface area contributed by atoms with E-state index in [1.165, 1.54) is 10.4 Å². The number of nitrogens with zero attached hydrogens (tertiary/aromatic N) is 1. The molecule has 0 bridgehead atoms. The number of hydrogen-bond acceptors (Lipinski definition) is 3. The Bertz CT molecular complexity index is 912. The number of nitrogens with one attached hydrogen (secondary N) is 1. The number of amides is 1. The van der Waals surface area contributed by atoms with Crippen LogP contribution >= 0.6 is 11.6 Å². The van der Waals surface area contributed by atoms with Gasteiger partial charge in [-0.05, 0) is 43.2 Å². The molecular formula is C17H16ClFN2O3S. The molecule has 1 aliphatic rings. The number of hydrogen-bond donors (Lipinski definition) is 1. The maximum Gasteiger partial charge on any atom is 0.255 e. The molecule has 3 rings (SSSR count). The van der Waals surface area contributed by atoms with E-state index in [9.17, 15) is 17.6 Å². The van der Waals surface area contributed by atoms with E-state index in [4.69, 9.17) is 11.6 Å². The number of para-hydroxylation sites is 1. The molecule has 2 aromatic rings. The predicted octanol–water partition coefficient (Wildman–Crippen LogP) is 3.52. The maximum absolute atomic E-state index is 14.1. The summed E-state index contributed by atoms with van der Waals surface area (Å²) in [5.74, 6) is -1.44. The van der Waals surface area contributed by atoms with Crippen molar-refractivity contribution in [3.05, 3.63) is 58.9 Å². The highest BCUT2D eigenvalue weighted by Gasteiger charge is 2.30. The number of sulfonamides is 1. The largest absolute Gasteiger partial charge is 0.321 e. The molecule has 0 saturated carbocycles. The molecule has 25 heavy (non-hydrogen) atoms. The van der Waals surface area contributed by atoms with Crippen molar-refractivity contribution in [1.29, 1.82) is 0 Å². The molecule has 1 saturated heterocycles. The number of carbonyl (C=O) groups excluding carboxylic acids is 1. The topological polar surface area (TPSA) is 66.5 Å². The molecule has 5 nitrogen and oxygen atoms in total. The van der Waals surface area contributed by atoms with Crippen molar-refractivity contribution >= 4 is 33.2 Å². The molecule has 1 fully saturated rings. The Hall–Kier alpha value is -1.96. The summed E-state index contributed by atoms with van der Waals surface area (Å²) in [5, 5.41) is 2.94. The third-order valence-corrected chi connectivity index (χ3v) is 6.24. The number of anilines is 1. The summed E-state index contributed by atoms with van der Waals surface area (Å²) in [4.78, 5) is 11.9. The highest BCUT2D eigenvalue weighted by molar-refractivity contribution is 7.89. The van der Waals surface area contributed by atoms with Gasteiger partial charge in [-0.15, -0.1) is 0 Å². The molecule has 8 heteroatoms. The predicted molar refractivity (Wildman–Crippen MR) is 93.8 cm³/mol. The van der Waals surface area contributed by atoms with Crippen LogP contribution in [0.2, 0.25) is 5.02 Å². The minimum Gasteiger partial charge on any atom is -0.321 e. The molecule has 0 atom stereocenters. The minimum absolute atomic E-state index is 0.0408. The Kier molecular flexibility index (Phi) is 5.08. The zero-order chi connectivity index (χ0) is 18.0. The molecule has 0 radical (unpaired) electrons. The lowest BCUT2D eigenvalue weighted by Gasteiger charge is -2.16. The van der Waals surface area contributed by atoms with Crippen LogP contribution in [0.15, 0.2) is 47.4 Å². The average molecular weight is 383 g/mol. The lowest BCUT2D eigenvalue weighted by molar-refractivity contribution is 0.102. The van der Waals surface area contributed by atoms with Crippen molar-refractivity contribution in [3.63, 3.8) is 0 Å². The molecule has 2 aromatic carbocycles. The van der Waals surface area contributed by atoms with Crippen LogP contribution in [-0.2, 0) is 10.0 Å². The first-order chi connectivity index (χ1) is 11.9. The first-order valence-electron chi connectivity index (χ1n) is 7.75. The van der Waals surface area contributed by atoms with Gasteiger partial charge in [0.25, 0.3) is 5.91 Å². The smallest absolute Gasteiger partial charge is 0.255 e. The van der Waals surface area contributed by atoms with Gasteiger partial charge in [-0.25, -0.2) is 12.8 Å². The number of halogens is 2. The molecule has 132 valence electrons. The maximum atomic E-state index is 14.1. The SMILES string of the molecule is O=C(Nc1ccccc1Cl)c1ccc(F)c(S(=O)(=O)N2CCCC2)c1. The second-order valence-corrected chi connectivity index (χ2v) is 8.00. The van der Waals surface area contributed by atoms with Crippen LogP contribution in [-0.4, -0.2) is 31.7 Å². The lowest BCUT2D eigenvalue weighted by Crippen LogP contribution is -2.29. The third-order valence-electron chi connectivity index (χ3n) is 4.00. The van der Waals surface area contributed by atoms with Crippen molar-refractivity contribution in [3.8, 4) is 0 Å². The van der Waals surface area contributed by atoms with E-state index >= 15 is 0 Å². The van der Waals surface area contributed by atoms with Gasteiger partial charge in [0, 0.05) is 18.7 Å². The van der Waals surface area contributed by atoms with Gasteiger partial charge in [0.1, 0.15) is 10.7 Å². The molecule has 0 aromatic heterocycles. The lowest BCUT2D eigenvalue weighted by atomic mass is 10.2. The van der Waals surface area contributed by atoms with E-state index in [0.717, 1.165) is 25.0 Å². The van der Waals surface area contributed by atoms with E-state index in [2.05, 4.69) is 5.32 Å². The standard InChI is InChI=1S/C17H16ClFN2O3S/c18-13-5-1-2-6-15(13)20-17(22)12-7-8-14(19)16(11-12)25(23,24)21-9-3-4-10-21/h1-2,5-8,11H,3-4,9-10H2,(H,20,22). The average Bonchev–Trinajstić information content (AvgIpc) is 3.12. The summed E-state index contributed by atoms with van der Waals surface area (Å²) < 4.78 is 40.5. The normalized spacial score (nSPS) is 15.3. The molecule has 0 aliphatic carbocycles. The van der Waals surface area contributed by atoms with Gasteiger partial charge in [0.05, 0.1) is 10.7 Å². The van der Waals surface area contributed by atoms with Crippen molar-refractivity contribution < 1.29 is 17.6 Å². The highest BCUT2D eigenvalue weighted by Crippen LogP contribution is 2.25. The molecule has 0 unspecified atom stereocenters. The second-order valence-electron chi connectivity index (χ2n) is 5.69. The Morgan fingerprint density at radius 2 is 1.80 bits per heavy atom. The summed E-state index contributed by atoms with van der Waals surface area (Å²) in [5.41, 5.74) is 0.432. The van der Waals surface area contributed by atoms with Crippen LogP contribution in [0.1, 0.15) is 23.2 Å². The quantitative estimate of drug-likeness (QED) is 0.879. The molecule has 1 aliphatic heterocycles. The van der Waals surface area contributed by atoms with Crippen LogP contribution in [0.5, 0.6) is 0 Å². The fraction of sp³-hybridized carbons (Fsp3) is 0.235. The molecule has 1 amide bonds. The van der Waals surface area contributed by atoms with Gasteiger partial charge in [0.15, 0.2) is 0 Å². The molecule has 1 heterocycles. The Balaban J connectivity index is 1.91. The van der Waals surface area contributed by atoms with Gasteiger partial charge in [-0.3, -0.25) is 4.79 Å². The number of carbonyl (C=O) groups is 1. The van der Waals surface area contributed by atoms with Crippen LogP contribution < -0.4 is 5.32 Å². The van der Waals surface area contributed by atoms with Gasteiger partial charge in [-0.1, -0.05) is 23.7 Å². The zero-order valence-corrected chi connectivity index (χ0v) is 14.8. The highest BCUT2D eigenvalue weighted by atomic mass is 35.5. The van der Waals surface area contributed by atoms with Gasteiger partial charge in [0.2, 0.25) is 10.0 Å². The zero-order valence-electron chi connectivity index (χ0n) is 13.2. The van der Waals surface area contributed by atoms with Gasteiger partial charge in [-0.2, -0.15) is 4.31 Å². The van der Waals surface area contributed by atoms with Crippen LogP contribution in [0.25, 0.3) is 0 Å². The summed E-state index contributed by atoms with van der Waals surface area (Å²) in [6.45, 7) is 0.718. The van der Waals surface area contributed by atoms with Crippen molar-refractivity contribution in [2.45, 2.75) is 17.7 Å². The van der Waals surface area contributed by atoms with E-state index in [0.29, 0.717) is 23.8 Å². The van der Waals surface area contributed by atoms with Gasteiger partial charge < -0.3 is 5.32 Å². The Morgan fingerprint density at radius 1 is 1.12 bits per heavy atom. The monoisotopic (exact) mass is 382 g/mol. The number of rotatable bonds is 4. The van der Waals surface area contributed by atoms with Crippen LogP contribution in [0.4, 0.5) is 10.1 Å². The van der Waals surface area contributed by atoms with E-state index < -0.39 is 26.6 Å². The Morgan fingerprint density at radius 3 is 2.48 bits per heavy atom. The van der Waals surface area contributed by atoms with Crippen LogP contribution in [0, 0.1) is 5.82 Å². The first kappa shape index (κ1) is 17.8. The summed E-state index contributed by atoms with van der Waals surface area (Å²) >= 11 is 5.99. The van der Waals surface area contributed by atoms with E-state index in [1.54, 1.807) is 24.3 Å². The third kappa shape index (κ3) is 3.68. The molecule has 0 spiro atoms. The number of benzene rings is 2. The molecular weight excluding hydrogens is 367 g/mol. The minimum atomic E-state index is -3.95. The summed E-state index contributed by atoms with van der Waals surface area (Å²) in [6, 6.07) is 9.95. The Labute approximate surface area is 150 Å². The van der Waals surface area contributed by atoms with Crippen LogP contribution in [0.3, 0.4) is 0 Å². The van der Waals surface area contributed by atoms with Gasteiger partial charge >= 0.3 is 0 Å². The summed E-state index contributed by atoms with van der Waals surface area (Å²) in [6.07, 6.45) is 1.49. The second kappa shape index (κ2) is 7.11. The van der Waals surface area contributed by atoms with Crippen molar-refractivity contribution in [2.24, 2.45) is 0 Å².